The van der Waals surface area contributed by atoms with Crippen molar-refractivity contribution in [2.24, 2.45) is 0 Å². The van der Waals surface area contributed by atoms with E-state index in [-0.39, 0.29) is 18.3 Å². The van der Waals surface area contributed by atoms with E-state index in [9.17, 15) is 4.79 Å². The van der Waals surface area contributed by atoms with Crippen molar-refractivity contribution in [3.8, 4) is 0 Å². The van der Waals surface area contributed by atoms with Crippen molar-refractivity contribution in [1.82, 2.24) is 9.80 Å². The molecule has 0 saturated carbocycles. The highest BCUT2D eigenvalue weighted by Crippen LogP contribution is 2.24. The molecule has 0 radical (unpaired) electrons. The van der Waals surface area contributed by atoms with Crippen LogP contribution in [0.4, 0.5) is 0 Å². The molecule has 4 nitrogen and oxygen atoms in total. The molecule has 0 aliphatic carbocycles. The lowest BCUT2D eigenvalue weighted by atomic mass is 10.1. The standard InChI is InChI=1S/C20H26N2O2.ClH/c1-21(2)14-18-13-17-11-12-22(15-19(17)24-18)20(23)10-6-9-16-7-4-3-5-8-16;/h3-5,7-8,13H,6,9-12,14-15H2,1-2H3;1H. The average Bonchev–Trinajstić information content (AvgIpc) is 2.96. The van der Waals surface area contributed by atoms with Crippen LogP contribution >= 0.6 is 12.4 Å². The van der Waals surface area contributed by atoms with E-state index in [2.05, 4.69) is 23.1 Å². The van der Waals surface area contributed by atoms with Crippen molar-refractivity contribution >= 4 is 18.3 Å². The van der Waals surface area contributed by atoms with Gasteiger partial charge in [-0.3, -0.25) is 4.79 Å². The molecular formula is C20H27ClN2O2. The number of hydrogen-bond acceptors (Lipinski definition) is 3. The maximum atomic E-state index is 12.5. The first-order valence-electron chi connectivity index (χ1n) is 8.68. The van der Waals surface area contributed by atoms with E-state index in [1.165, 1.54) is 11.1 Å². The molecule has 0 saturated heterocycles. The molecular weight excluding hydrogens is 336 g/mol. The molecule has 136 valence electrons. The second-order valence-electron chi connectivity index (χ2n) is 6.80. The van der Waals surface area contributed by atoms with Crippen LogP contribution < -0.4 is 0 Å². The topological polar surface area (TPSA) is 36.7 Å². The van der Waals surface area contributed by atoms with Gasteiger partial charge in [0.15, 0.2) is 0 Å². The van der Waals surface area contributed by atoms with E-state index in [0.29, 0.717) is 13.0 Å². The lowest BCUT2D eigenvalue weighted by Gasteiger charge is -2.26. The zero-order valence-corrected chi connectivity index (χ0v) is 15.8. The number of amides is 1. The van der Waals surface area contributed by atoms with Crippen LogP contribution in [0.1, 0.15) is 35.5 Å². The largest absolute Gasteiger partial charge is 0.463 e. The molecule has 2 aromatic rings. The Labute approximate surface area is 156 Å². The number of fused-ring (bicyclic) bond motifs is 1. The number of rotatable bonds is 6. The summed E-state index contributed by atoms with van der Waals surface area (Å²) in [7, 11) is 4.06. The van der Waals surface area contributed by atoms with Gasteiger partial charge in [-0.1, -0.05) is 30.3 Å². The van der Waals surface area contributed by atoms with Gasteiger partial charge in [-0.25, -0.2) is 0 Å². The van der Waals surface area contributed by atoms with E-state index in [4.69, 9.17) is 4.42 Å². The fourth-order valence-electron chi connectivity index (χ4n) is 3.23. The first kappa shape index (κ1) is 19.5. The molecule has 5 heteroatoms. The molecule has 0 atom stereocenters. The maximum Gasteiger partial charge on any atom is 0.222 e. The van der Waals surface area contributed by atoms with Crippen molar-refractivity contribution in [2.75, 3.05) is 20.6 Å². The molecule has 1 aliphatic rings. The fraction of sp³-hybridized carbons (Fsp3) is 0.450. The van der Waals surface area contributed by atoms with Crippen LogP contribution in [0.15, 0.2) is 40.8 Å². The minimum absolute atomic E-state index is 0. The Balaban J connectivity index is 0.00000225. The molecule has 1 aliphatic heterocycles. The van der Waals surface area contributed by atoms with Gasteiger partial charge in [-0.2, -0.15) is 0 Å². The van der Waals surface area contributed by atoms with Gasteiger partial charge in [-0.15, -0.1) is 12.4 Å². The molecule has 2 heterocycles. The first-order chi connectivity index (χ1) is 11.6. The summed E-state index contributed by atoms with van der Waals surface area (Å²) >= 11 is 0. The van der Waals surface area contributed by atoms with E-state index < -0.39 is 0 Å². The summed E-state index contributed by atoms with van der Waals surface area (Å²) < 4.78 is 5.94. The Kier molecular flexibility index (Phi) is 7.09. The molecule has 25 heavy (non-hydrogen) atoms. The second-order valence-corrected chi connectivity index (χ2v) is 6.80. The molecule has 0 unspecified atom stereocenters. The number of furan rings is 1. The third-order valence-corrected chi connectivity index (χ3v) is 4.46. The van der Waals surface area contributed by atoms with Crippen LogP contribution in [0.2, 0.25) is 0 Å². The smallest absolute Gasteiger partial charge is 0.222 e. The molecule has 0 bridgehead atoms. The zero-order chi connectivity index (χ0) is 16.9. The molecule has 1 amide bonds. The SMILES string of the molecule is CN(C)Cc1cc2c(o1)CN(C(=O)CCCc1ccccc1)CC2.Cl. The van der Waals surface area contributed by atoms with Crippen molar-refractivity contribution in [2.45, 2.75) is 38.8 Å². The third-order valence-electron chi connectivity index (χ3n) is 4.46. The number of benzene rings is 1. The zero-order valence-electron chi connectivity index (χ0n) is 15.0. The summed E-state index contributed by atoms with van der Waals surface area (Å²) in [5.41, 5.74) is 2.56. The number of hydrogen-bond donors (Lipinski definition) is 0. The van der Waals surface area contributed by atoms with Crippen LogP contribution in [0, 0.1) is 0 Å². The van der Waals surface area contributed by atoms with Gasteiger partial charge in [0.2, 0.25) is 5.91 Å². The number of halogens is 1. The Morgan fingerprint density at radius 3 is 2.72 bits per heavy atom. The Hall–Kier alpha value is -1.78. The van der Waals surface area contributed by atoms with Crippen molar-refractivity contribution in [3.63, 3.8) is 0 Å². The predicted octanol–water partition coefficient (Wildman–Crippen LogP) is 3.67. The summed E-state index contributed by atoms with van der Waals surface area (Å²) in [6.45, 7) is 2.23. The molecule has 0 fully saturated rings. The maximum absolute atomic E-state index is 12.5. The van der Waals surface area contributed by atoms with E-state index in [1.807, 2.05) is 37.2 Å². The number of carbonyl (C=O) groups is 1. The van der Waals surface area contributed by atoms with Gasteiger partial charge in [-0.05, 0) is 50.6 Å². The molecule has 1 aromatic carbocycles. The van der Waals surface area contributed by atoms with Crippen LogP contribution in [0.5, 0.6) is 0 Å². The van der Waals surface area contributed by atoms with Crippen LogP contribution in [0.25, 0.3) is 0 Å². The van der Waals surface area contributed by atoms with Crippen molar-refractivity contribution < 1.29 is 9.21 Å². The minimum atomic E-state index is 0. The van der Waals surface area contributed by atoms with Crippen LogP contribution in [-0.4, -0.2) is 36.3 Å². The lowest BCUT2D eigenvalue weighted by Crippen LogP contribution is -2.35. The van der Waals surface area contributed by atoms with Crippen molar-refractivity contribution in [3.05, 3.63) is 59.0 Å². The second kappa shape index (κ2) is 9.07. The van der Waals surface area contributed by atoms with E-state index >= 15 is 0 Å². The first-order valence-corrected chi connectivity index (χ1v) is 8.68. The summed E-state index contributed by atoms with van der Waals surface area (Å²) in [5.74, 6) is 2.19. The Bertz CT molecular complexity index is 682. The van der Waals surface area contributed by atoms with Gasteiger partial charge in [0.05, 0.1) is 13.1 Å². The van der Waals surface area contributed by atoms with Crippen LogP contribution in [0.3, 0.4) is 0 Å². The number of aryl methyl sites for hydroxylation is 1. The predicted molar refractivity (Wildman–Crippen MR) is 102 cm³/mol. The Morgan fingerprint density at radius 2 is 2.00 bits per heavy atom. The highest BCUT2D eigenvalue weighted by Gasteiger charge is 2.24. The van der Waals surface area contributed by atoms with Gasteiger partial charge >= 0.3 is 0 Å². The van der Waals surface area contributed by atoms with E-state index in [1.54, 1.807) is 0 Å². The quantitative estimate of drug-likeness (QED) is 0.786. The van der Waals surface area contributed by atoms with Gasteiger partial charge < -0.3 is 14.2 Å². The normalized spacial score (nSPS) is 13.5. The average molecular weight is 363 g/mol. The molecule has 0 N–H and O–H groups in total. The molecule has 1 aromatic heterocycles. The van der Waals surface area contributed by atoms with E-state index in [0.717, 1.165) is 43.9 Å². The minimum Gasteiger partial charge on any atom is -0.463 e. The number of carbonyl (C=O) groups excluding carboxylic acids is 1. The Morgan fingerprint density at radius 1 is 1.24 bits per heavy atom. The number of nitrogens with zero attached hydrogens (tertiary/aromatic N) is 2. The molecule has 0 spiro atoms. The summed E-state index contributed by atoms with van der Waals surface area (Å²) in [6.07, 6.45) is 3.36. The van der Waals surface area contributed by atoms with Gasteiger partial charge in [0.1, 0.15) is 11.5 Å². The van der Waals surface area contributed by atoms with Crippen LogP contribution in [-0.2, 0) is 30.7 Å². The monoisotopic (exact) mass is 362 g/mol. The summed E-state index contributed by atoms with van der Waals surface area (Å²) in [4.78, 5) is 16.5. The third kappa shape index (κ3) is 5.35. The lowest BCUT2D eigenvalue weighted by molar-refractivity contribution is -0.132. The summed E-state index contributed by atoms with van der Waals surface area (Å²) in [5, 5.41) is 0. The molecule has 3 rings (SSSR count). The fourth-order valence-corrected chi connectivity index (χ4v) is 3.23. The highest BCUT2D eigenvalue weighted by molar-refractivity contribution is 5.85. The summed E-state index contributed by atoms with van der Waals surface area (Å²) in [6, 6.07) is 12.5. The highest BCUT2D eigenvalue weighted by atomic mass is 35.5. The van der Waals surface area contributed by atoms with Crippen molar-refractivity contribution in [1.29, 1.82) is 0 Å². The van der Waals surface area contributed by atoms with Gasteiger partial charge in [0.25, 0.3) is 0 Å². The van der Waals surface area contributed by atoms with Gasteiger partial charge in [0, 0.05) is 13.0 Å².